The minimum Gasteiger partial charge on any atom is -0.342 e. The molecule has 0 aliphatic rings. The lowest BCUT2D eigenvalue weighted by Gasteiger charge is -2.16. The van der Waals surface area contributed by atoms with E-state index >= 15 is 0 Å². The number of nitrogens with one attached hydrogen (secondary N) is 1. The van der Waals surface area contributed by atoms with Crippen LogP contribution in [0.15, 0.2) is 24.3 Å². The average molecular weight is 252 g/mol. The molecule has 1 rings (SSSR count). The van der Waals surface area contributed by atoms with Crippen molar-refractivity contribution in [3.63, 3.8) is 0 Å². The van der Waals surface area contributed by atoms with Gasteiger partial charge in [0, 0.05) is 5.02 Å². The molecule has 6 heteroatoms. The van der Waals surface area contributed by atoms with Crippen molar-refractivity contribution in [1.82, 2.24) is 5.32 Å². The predicted octanol–water partition coefficient (Wildman–Crippen LogP) is 3.08. The Morgan fingerprint density at radius 2 is 1.94 bits per heavy atom. The molecule has 0 spiro atoms. The number of amides is 1. The molecule has 88 valence electrons. The standard InChI is InChI=1S/C10H9ClF3NO/c1-6(15-9(16)10(12,13)14)7-4-2-3-5-8(7)11/h2-6H,1H3,(H,15,16)/t6-/m0/s1. The molecule has 0 aliphatic heterocycles. The number of carbonyl (C=O) groups excluding carboxylic acids is 1. The summed E-state index contributed by atoms with van der Waals surface area (Å²) in [5, 5.41) is 2.15. The van der Waals surface area contributed by atoms with Crippen LogP contribution in [-0.2, 0) is 4.79 Å². The van der Waals surface area contributed by atoms with Crippen LogP contribution in [0.5, 0.6) is 0 Å². The summed E-state index contributed by atoms with van der Waals surface area (Å²) in [5.41, 5.74) is 0.446. The maximum absolute atomic E-state index is 12.0. The van der Waals surface area contributed by atoms with Crippen LogP contribution in [0.3, 0.4) is 0 Å². The molecule has 0 fully saturated rings. The Morgan fingerprint density at radius 3 is 2.44 bits per heavy atom. The molecule has 0 saturated heterocycles. The highest BCUT2D eigenvalue weighted by molar-refractivity contribution is 6.31. The van der Waals surface area contributed by atoms with Gasteiger partial charge >= 0.3 is 12.1 Å². The average Bonchev–Trinajstić information content (AvgIpc) is 2.16. The molecule has 1 atom stereocenters. The van der Waals surface area contributed by atoms with Gasteiger partial charge in [-0.1, -0.05) is 29.8 Å². The summed E-state index contributed by atoms with van der Waals surface area (Å²) in [7, 11) is 0. The molecule has 1 amide bonds. The smallest absolute Gasteiger partial charge is 0.342 e. The molecule has 1 aromatic rings. The molecule has 0 unspecified atom stereocenters. The Bertz CT molecular complexity index is 392. The highest BCUT2D eigenvalue weighted by atomic mass is 35.5. The van der Waals surface area contributed by atoms with Gasteiger partial charge in [-0.15, -0.1) is 0 Å². The van der Waals surface area contributed by atoms with Crippen molar-refractivity contribution >= 4 is 17.5 Å². The van der Waals surface area contributed by atoms with Gasteiger partial charge in [0.25, 0.3) is 0 Å². The van der Waals surface area contributed by atoms with E-state index in [2.05, 4.69) is 0 Å². The lowest BCUT2D eigenvalue weighted by molar-refractivity contribution is -0.174. The van der Waals surface area contributed by atoms with Crippen molar-refractivity contribution in [3.8, 4) is 0 Å². The van der Waals surface area contributed by atoms with E-state index in [-0.39, 0.29) is 0 Å². The summed E-state index contributed by atoms with van der Waals surface area (Å²) in [6.45, 7) is 1.44. The molecule has 16 heavy (non-hydrogen) atoms. The molecular formula is C10H9ClF3NO. The van der Waals surface area contributed by atoms with Crippen molar-refractivity contribution in [3.05, 3.63) is 34.9 Å². The second-order valence-corrected chi connectivity index (χ2v) is 3.62. The summed E-state index contributed by atoms with van der Waals surface area (Å²) in [4.78, 5) is 10.7. The quantitative estimate of drug-likeness (QED) is 0.860. The van der Waals surface area contributed by atoms with Gasteiger partial charge in [-0.05, 0) is 18.6 Å². The topological polar surface area (TPSA) is 29.1 Å². The highest BCUT2D eigenvalue weighted by Crippen LogP contribution is 2.23. The van der Waals surface area contributed by atoms with Gasteiger partial charge in [0.15, 0.2) is 0 Å². The zero-order valence-electron chi connectivity index (χ0n) is 8.31. The number of alkyl halides is 3. The zero-order valence-corrected chi connectivity index (χ0v) is 9.06. The fourth-order valence-electron chi connectivity index (χ4n) is 1.18. The van der Waals surface area contributed by atoms with Crippen LogP contribution in [0.25, 0.3) is 0 Å². The van der Waals surface area contributed by atoms with Crippen molar-refractivity contribution in [1.29, 1.82) is 0 Å². The number of benzene rings is 1. The third-order valence-electron chi connectivity index (χ3n) is 1.98. The van der Waals surface area contributed by atoms with Crippen LogP contribution < -0.4 is 5.32 Å². The fourth-order valence-corrected chi connectivity index (χ4v) is 1.48. The molecule has 0 bridgehead atoms. The van der Waals surface area contributed by atoms with Crippen LogP contribution in [0.4, 0.5) is 13.2 Å². The number of carbonyl (C=O) groups is 1. The monoisotopic (exact) mass is 251 g/mol. The first-order valence-corrected chi connectivity index (χ1v) is 4.82. The lowest BCUT2D eigenvalue weighted by Crippen LogP contribution is -2.38. The predicted molar refractivity (Wildman–Crippen MR) is 54.1 cm³/mol. The van der Waals surface area contributed by atoms with Crippen LogP contribution >= 0.6 is 11.6 Å². The molecule has 1 aromatic carbocycles. The molecule has 0 heterocycles. The molecule has 0 aromatic heterocycles. The summed E-state index contributed by atoms with van der Waals surface area (Å²) in [6.07, 6.45) is -4.88. The highest BCUT2D eigenvalue weighted by Gasteiger charge is 2.39. The summed E-state index contributed by atoms with van der Waals surface area (Å²) >= 11 is 5.78. The third kappa shape index (κ3) is 3.13. The van der Waals surface area contributed by atoms with E-state index in [1.54, 1.807) is 24.3 Å². The van der Waals surface area contributed by atoms with Crippen molar-refractivity contribution < 1.29 is 18.0 Å². The summed E-state index contributed by atoms with van der Waals surface area (Å²) in [6, 6.07) is 5.61. The maximum Gasteiger partial charge on any atom is 0.471 e. The largest absolute Gasteiger partial charge is 0.471 e. The van der Waals surface area contributed by atoms with E-state index in [9.17, 15) is 18.0 Å². The SMILES string of the molecule is C[C@H](NC(=O)C(F)(F)F)c1ccccc1Cl. The van der Waals surface area contributed by atoms with E-state index in [1.165, 1.54) is 6.92 Å². The number of hydrogen-bond acceptors (Lipinski definition) is 1. The minimum absolute atomic E-state index is 0.317. The first-order valence-electron chi connectivity index (χ1n) is 4.44. The Hall–Kier alpha value is -1.23. The summed E-state index contributed by atoms with van der Waals surface area (Å²) < 4.78 is 35.9. The first kappa shape index (κ1) is 12.8. The molecule has 0 saturated carbocycles. The molecular weight excluding hydrogens is 243 g/mol. The Morgan fingerprint density at radius 1 is 1.38 bits per heavy atom. The number of rotatable bonds is 2. The lowest BCUT2D eigenvalue weighted by atomic mass is 10.1. The molecule has 1 N–H and O–H groups in total. The number of halogens is 4. The van der Waals surface area contributed by atoms with Gasteiger partial charge in [0.05, 0.1) is 6.04 Å². The van der Waals surface area contributed by atoms with E-state index in [4.69, 9.17) is 11.6 Å². The van der Waals surface area contributed by atoms with Crippen molar-refractivity contribution in [2.45, 2.75) is 19.1 Å². The van der Waals surface area contributed by atoms with Crippen molar-refractivity contribution in [2.24, 2.45) is 0 Å². The normalized spacial score (nSPS) is 13.3. The van der Waals surface area contributed by atoms with E-state index in [0.717, 1.165) is 0 Å². The fraction of sp³-hybridized carbons (Fsp3) is 0.300. The summed E-state index contributed by atoms with van der Waals surface area (Å²) in [5.74, 6) is -1.97. The zero-order chi connectivity index (χ0) is 12.3. The van der Waals surface area contributed by atoms with Gasteiger partial charge in [0.1, 0.15) is 0 Å². The van der Waals surface area contributed by atoms with Crippen molar-refractivity contribution in [2.75, 3.05) is 0 Å². The molecule has 0 aliphatic carbocycles. The van der Waals surface area contributed by atoms with Crippen LogP contribution in [0.2, 0.25) is 5.02 Å². The number of hydrogen-bond donors (Lipinski definition) is 1. The van der Waals surface area contributed by atoms with Gasteiger partial charge < -0.3 is 5.32 Å². The minimum atomic E-state index is -4.88. The second-order valence-electron chi connectivity index (χ2n) is 3.21. The Balaban J connectivity index is 2.78. The van der Waals surface area contributed by atoms with E-state index in [0.29, 0.717) is 10.6 Å². The van der Waals surface area contributed by atoms with E-state index < -0.39 is 18.1 Å². The molecule has 0 radical (unpaired) electrons. The maximum atomic E-state index is 12.0. The molecule has 2 nitrogen and oxygen atoms in total. The van der Waals surface area contributed by atoms with Gasteiger partial charge in [-0.3, -0.25) is 4.79 Å². The van der Waals surface area contributed by atoms with E-state index in [1.807, 2.05) is 5.32 Å². The first-order chi connectivity index (χ1) is 7.32. The van der Waals surface area contributed by atoms with Crippen LogP contribution in [-0.4, -0.2) is 12.1 Å². The van der Waals surface area contributed by atoms with Crippen LogP contribution in [0, 0.1) is 0 Å². The van der Waals surface area contributed by atoms with Gasteiger partial charge in [-0.2, -0.15) is 13.2 Å². The second kappa shape index (κ2) is 4.74. The van der Waals surface area contributed by atoms with Gasteiger partial charge in [0.2, 0.25) is 0 Å². The Kier molecular flexibility index (Phi) is 3.80. The Labute approximate surface area is 95.4 Å². The third-order valence-corrected chi connectivity index (χ3v) is 2.32. The van der Waals surface area contributed by atoms with Crippen LogP contribution in [0.1, 0.15) is 18.5 Å². The van der Waals surface area contributed by atoms with Gasteiger partial charge in [-0.25, -0.2) is 0 Å².